The first-order valence-corrected chi connectivity index (χ1v) is 10.1. The molecule has 30 heavy (non-hydrogen) atoms. The molecule has 4 rings (SSSR count). The first-order chi connectivity index (χ1) is 14.3. The van der Waals surface area contributed by atoms with Gasteiger partial charge in [-0.3, -0.25) is 4.79 Å². The van der Waals surface area contributed by atoms with E-state index in [1.54, 1.807) is 6.20 Å². The normalized spacial score (nSPS) is 14.3. The van der Waals surface area contributed by atoms with E-state index < -0.39 is 11.7 Å². The van der Waals surface area contributed by atoms with E-state index in [4.69, 9.17) is 5.73 Å². The van der Waals surface area contributed by atoms with Crippen LogP contribution in [-0.4, -0.2) is 23.5 Å². The quantitative estimate of drug-likeness (QED) is 0.543. The molecule has 4 N–H and O–H groups in total. The van der Waals surface area contributed by atoms with E-state index in [-0.39, 0.29) is 11.9 Å². The maximum Gasteiger partial charge on any atom is 0.416 e. The number of anilines is 2. The van der Waals surface area contributed by atoms with Crippen molar-refractivity contribution in [1.82, 2.24) is 4.98 Å². The average molecular weight is 432 g/mol. The van der Waals surface area contributed by atoms with Gasteiger partial charge in [0.2, 0.25) is 5.91 Å². The predicted molar refractivity (Wildman–Crippen MR) is 111 cm³/mol. The Morgan fingerprint density at radius 2 is 1.97 bits per heavy atom. The van der Waals surface area contributed by atoms with Gasteiger partial charge in [0.15, 0.2) is 5.13 Å². The lowest BCUT2D eigenvalue weighted by molar-refractivity contribution is -0.137. The van der Waals surface area contributed by atoms with Crippen LogP contribution < -0.4 is 16.4 Å². The highest BCUT2D eigenvalue weighted by Gasteiger charge is 2.30. The summed E-state index contributed by atoms with van der Waals surface area (Å²) < 4.78 is 37.9. The molecule has 0 fully saturated rings. The van der Waals surface area contributed by atoms with Crippen LogP contribution in [0.3, 0.4) is 0 Å². The largest absolute Gasteiger partial charge is 0.416 e. The van der Waals surface area contributed by atoms with Crippen LogP contribution in [0, 0.1) is 0 Å². The number of alkyl halides is 3. The van der Waals surface area contributed by atoms with Crippen molar-refractivity contribution >= 4 is 28.1 Å². The molecule has 1 atom stereocenters. The molecule has 1 aliphatic rings. The van der Waals surface area contributed by atoms with Crippen LogP contribution in [0.2, 0.25) is 0 Å². The van der Waals surface area contributed by atoms with Gasteiger partial charge in [0.25, 0.3) is 0 Å². The minimum Gasteiger partial charge on any atom is -0.360 e. The number of halogens is 3. The Hall–Kier alpha value is -2.91. The number of nitrogens with one attached hydrogen (secondary N) is 2. The molecule has 1 aromatic heterocycles. The van der Waals surface area contributed by atoms with Gasteiger partial charge in [-0.05, 0) is 47.4 Å². The number of hydrogen-bond donors (Lipinski definition) is 3. The summed E-state index contributed by atoms with van der Waals surface area (Å²) in [6, 6.07) is 10.6. The molecular formula is C21H19F3N4OS. The summed E-state index contributed by atoms with van der Waals surface area (Å²) in [4.78, 5) is 16.8. The van der Waals surface area contributed by atoms with Gasteiger partial charge >= 0.3 is 6.18 Å². The van der Waals surface area contributed by atoms with Crippen molar-refractivity contribution < 1.29 is 18.0 Å². The lowest BCUT2D eigenvalue weighted by Gasteiger charge is -2.13. The Morgan fingerprint density at radius 3 is 2.70 bits per heavy atom. The number of rotatable bonds is 6. The van der Waals surface area contributed by atoms with E-state index in [1.165, 1.54) is 23.5 Å². The molecule has 0 bridgehead atoms. The van der Waals surface area contributed by atoms with E-state index in [0.29, 0.717) is 24.5 Å². The third-order valence-electron chi connectivity index (χ3n) is 4.82. The van der Waals surface area contributed by atoms with Gasteiger partial charge in [-0.25, -0.2) is 4.98 Å². The monoisotopic (exact) mass is 432 g/mol. The molecule has 0 saturated carbocycles. The number of aromatic nitrogens is 1. The average Bonchev–Trinajstić information content (AvgIpc) is 3.31. The van der Waals surface area contributed by atoms with Gasteiger partial charge in [0, 0.05) is 24.5 Å². The van der Waals surface area contributed by atoms with Crippen molar-refractivity contribution in [3.63, 3.8) is 0 Å². The number of carbonyl (C=O) groups excluding carboxylic acids is 1. The van der Waals surface area contributed by atoms with E-state index >= 15 is 0 Å². The SMILES string of the molecule is NC(CNc1ncc(-c2ccc3c(c2)CC(=O)N3)s1)Cc1ccc(C(F)(F)F)cc1. The third kappa shape index (κ3) is 4.63. The van der Waals surface area contributed by atoms with Crippen LogP contribution in [0.15, 0.2) is 48.7 Å². The first kappa shape index (κ1) is 20.4. The van der Waals surface area contributed by atoms with Crippen molar-refractivity contribution in [2.75, 3.05) is 17.2 Å². The highest BCUT2D eigenvalue weighted by atomic mass is 32.1. The second-order valence-electron chi connectivity index (χ2n) is 7.17. The number of benzene rings is 2. The fourth-order valence-corrected chi connectivity index (χ4v) is 4.11. The van der Waals surface area contributed by atoms with Gasteiger partial charge < -0.3 is 16.4 Å². The zero-order chi connectivity index (χ0) is 21.3. The second kappa shape index (κ2) is 8.08. The van der Waals surface area contributed by atoms with Crippen LogP contribution in [-0.2, 0) is 23.8 Å². The predicted octanol–water partition coefficient (Wildman–Crippen LogP) is 4.31. The standard InChI is InChI=1S/C21H19F3N4OS/c22-21(23,24)15-4-1-12(2-5-15)7-16(25)10-26-20-27-11-18(30-20)13-3-6-17-14(8-13)9-19(29)28-17/h1-6,8,11,16H,7,9-10,25H2,(H,26,27)(H,28,29). The van der Waals surface area contributed by atoms with Gasteiger partial charge in [-0.1, -0.05) is 29.5 Å². The van der Waals surface area contributed by atoms with Crippen LogP contribution in [0.25, 0.3) is 10.4 Å². The zero-order valence-electron chi connectivity index (χ0n) is 15.8. The molecular weight excluding hydrogens is 413 g/mol. The van der Waals surface area contributed by atoms with Gasteiger partial charge in [0.05, 0.1) is 16.9 Å². The molecule has 1 aliphatic heterocycles. The van der Waals surface area contributed by atoms with Crippen molar-refractivity contribution in [3.8, 4) is 10.4 Å². The molecule has 0 radical (unpaired) electrons. The molecule has 5 nitrogen and oxygen atoms in total. The second-order valence-corrected chi connectivity index (χ2v) is 8.20. The van der Waals surface area contributed by atoms with Gasteiger partial charge in [0.1, 0.15) is 0 Å². The molecule has 2 heterocycles. The number of amides is 1. The number of nitrogens with zero attached hydrogens (tertiary/aromatic N) is 1. The summed E-state index contributed by atoms with van der Waals surface area (Å²) >= 11 is 1.48. The number of carbonyl (C=O) groups is 1. The smallest absolute Gasteiger partial charge is 0.360 e. The summed E-state index contributed by atoms with van der Waals surface area (Å²) in [6.07, 6.45) is -1.74. The van der Waals surface area contributed by atoms with Gasteiger partial charge in [-0.15, -0.1) is 0 Å². The molecule has 9 heteroatoms. The zero-order valence-corrected chi connectivity index (χ0v) is 16.6. The van der Waals surface area contributed by atoms with Crippen LogP contribution in [0.4, 0.5) is 24.0 Å². The van der Waals surface area contributed by atoms with E-state index in [1.807, 2.05) is 18.2 Å². The Bertz CT molecular complexity index is 1060. The van der Waals surface area contributed by atoms with Gasteiger partial charge in [-0.2, -0.15) is 13.2 Å². The summed E-state index contributed by atoms with van der Waals surface area (Å²) in [5.41, 5.74) is 9.01. The minimum absolute atomic E-state index is 0.00385. The van der Waals surface area contributed by atoms with E-state index in [2.05, 4.69) is 15.6 Å². The van der Waals surface area contributed by atoms with Crippen LogP contribution in [0.1, 0.15) is 16.7 Å². The lowest BCUT2D eigenvalue weighted by Crippen LogP contribution is -2.31. The minimum atomic E-state index is -4.34. The fraction of sp³-hybridized carbons (Fsp3) is 0.238. The molecule has 1 amide bonds. The first-order valence-electron chi connectivity index (χ1n) is 9.32. The Kier molecular flexibility index (Phi) is 5.48. The molecule has 2 aromatic carbocycles. The van der Waals surface area contributed by atoms with E-state index in [0.717, 1.165) is 39.4 Å². The topological polar surface area (TPSA) is 80.0 Å². The lowest BCUT2D eigenvalue weighted by atomic mass is 10.0. The van der Waals surface area contributed by atoms with Crippen LogP contribution >= 0.6 is 11.3 Å². The molecule has 0 saturated heterocycles. The van der Waals surface area contributed by atoms with Crippen molar-refractivity contribution in [3.05, 3.63) is 65.4 Å². The molecule has 156 valence electrons. The Balaban J connectivity index is 1.33. The Morgan fingerprint density at radius 1 is 1.20 bits per heavy atom. The van der Waals surface area contributed by atoms with Crippen LogP contribution in [0.5, 0.6) is 0 Å². The van der Waals surface area contributed by atoms with Crippen molar-refractivity contribution in [2.24, 2.45) is 5.73 Å². The fourth-order valence-electron chi connectivity index (χ4n) is 3.29. The molecule has 0 spiro atoms. The summed E-state index contributed by atoms with van der Waals surface area (Å²) in [5.74, 6) is -0.00385. The number of thiazole rings is 1. The number of nitrogens with two attached hydrogens (primary N) is 1. The molecule has 3 aromatic rings. The molecule has 1 unspecified atom stereocenters. The van der Waals surface area contributed by atoms with Crippen molar-refractivity contribution in [1.29, 1.82) is 0 Å². The highest BCUT2D eigenvalue weighted by Crippen LogP contribution is 2.33. The number of fused-ring (bicyclic) bond motifs is 1. The third-order valence-corrected chi connectivity index (χ3v) is 5.82. The van der Waals surface area contributed by atoms with Crippen molar-refractivity contribution in [2.45, 2.75) is 25.1 Å². The van der Waals surface area contributed by atoms with E-state index in [9.17, 15) is 18.0 Å². The summed E-state index contributed by atoms with van der Waals surface area (Å²) in [5, 5.41) is 6.71. The summed E-state index contributed by atoms with van der Waals surface area (Å²) in [6.45, 7) is 0.441. The summed E-state index contributed by atoms with van der Waals surface area (Å²) in [7, 11) is 0. The maximum atomic E-state index is 12.6. The maximum absolute atomic E-state index is 12.6. The number of hydrogen-bond acceptors (Lipinski definition) is 5. The molecule has 0 aliphatic carbocycles. The Labute approximate surface area is 175 Å². The highest BCUT2D eigenvalue weighted by molar-refractivity contribution is 7.18.